The fraction of sp³-hybridized carbons (Fsp3) is 0.294. The molecule has 0 fully saturated rings. The standard InChI is InChI=1S/C17H15F5O/c1-11-7-9-13(10-8-11)15(23,16(18,19)17(20,21)22)14-6-4-3-5-12(14)2/h3-10,23H,1-2H3. The van der Waals surface area contributed by atoms with Crippen molar-refractivity contribution in [1.29, 1.82) is 0 Å². The van der Waals surface area contributed by atoms with Gasteiger partial charge in [-0.1, -0.05) is 54.1 Å². The lowest BCUT2D eigenvalue weighted by Gasteiger charge is -2.38. The minimum Gasteiger partial charge on any atom is -0.374 e. The Kier molecular flexibility index (Phi) is 4.24. The number of halogens is 5. The second kappa shape index (κ2) is 5.60. The quantitative estimate of drug-likeness (QED) is 0.806. The van der Waals surface area contributed by atoms with Gasteiger partial charge in [0.25, 0.3) is 0 Å². The van der Waals surface area contributed by atoms with E-state index in [-0.39, 0.29) is 5.56 Å². The first-order chi connectivity index (χ1) is 10.5. The van der Waals surface area contributed by atoms with Crippen LogP contribution in [-0.4, -0.2) is 17.2 Å². The Bertz CT molecular complexity index is 691. The highest BCUT2D eigenvalue weighted by molar-refractivity contribution is 5.44. The fourth-order valence-corrected chi connectivity index (χ4v) is 2.48. The maximum Gasteiger partial charge on any atom is 0.457 e. The van der Waals surface area contributed by atoms with Crippen LogP contribution in [0.2, 0.25) is 0 Å². The third-order valence-corrected chi connectivity index (χ3v) is 3.81. The average Bonchev–Trinajstić information content (AvgIpc) is 2.46. The van der Waals surface area contributed by atoms with Crippen LogP contribution in [0.5, 0.6) is 0 Å². The number of rotatable bonds is 3. The van der Waals surface area contributed by atoms with E-state index in [1.54, 1.807) is 6.92 Å². The van der Waals surface area contributed by atoms with Gasteiger partial charge in [0.1, 0.15) is 0 Å². The third kappa shape index (κ3) is 2.72. The van der Waals surface area contributed by atoms with Crippen LogP contribution in [0.25, 0.3) is 0 Å². The van der Waals surface area contributed by atoms with Crippen molar-refractivity contribution in [3.8, 4) is 0 Å². The smallest absolute Gasteiger partial charge is 0.374 e. The zero-order valence-electron chi connectivity index (χ0n) is 12.5. The van der Waals surface area contributed by atoms with Crippen molar-refractivity contribution in [2.45, 2.75) is 31.5 Å². The molecule has 6 heteroatoms. The van der Waals surface area contributed by atoms with Gasteiger partial charge in [-0.2, -0.15) is 22.0 Å². The van der Waals surface area contributed by atoms with Gasteiger partial charge in [0.2, 0.25) is 0 Å². The summed E-state index contributed by atoms with van der Waals surface area (Å²) in [5, 5.41) is 10.6. The molecule has 0 aliphatic carbocycles. The molecule has 0 aliphatic rings. The van der Waals surface area contributed by atoms with Crippen molar-refractivity contribution < 1.29 is 27.1 Å². The Morgan fingerprint density at radius 1 is 0.783 bits per heavy atom. The first kappa shape index (κ1) is 17.4. The summed E-state index contributed by atoms with van der Waals surface area (Å²) in [6, 6.07) is 10.2. The van der Waals surface area contributed by atoms with Gasteiger partial charge in [0, 0.05) is 0 Å². The lowest BCUT2D eigenvalue weighted by molar-refractivity contribution is -0.336. The zero-order chi connectivity index (χ0) is 17.5. The van der Waals surface area contributed by atoms with Gasteiger partial charge in [0.15, 0.2) is 5.60 Å². The van der Waals surface area contributed by atoms with E-state index in [4.69, 9.17) is 0 Å². The van der Waals surface area contributed by atoms with Gasteiger partial charge in [-0.25, -0.2) is 0 Å². The summed E-state index contributed by atoms with van der Waals surface area (Å²) in [7, 11) is 0. The molecule has 0 spiro atoms. The molecule has 0 aliphatic heterocycles. The molecule has 0 aromatic heterocycles. The molecular formula is C17H15F5O. The van der Waals surface area contributed by atoms with E-state index < -0.39 is 28.8 Å². The molecule has 0 bridgehead atoms. The van der Waals surface area contributed by atoms with Crippen LogP contribution in [0.15, 0.2) is 48.5 Å². The maximum absolute atomic E-state index is 14.3. The minimum atomic E-state index is -5.91. The van der Waals surface area contributed by atoms with Crippen molar-refractivity contribution in [3.05, 3.63) is 70.8 Å². The van der Waals surface area contributed by atoms with Crippen LogP contribution in [0.1, 0.15) is 22.3 Å². The molecule has 0 amide bonds. The molecule has 124 valence electrons. The highest BCUT2D eigenvalue weighted by Gasteiger charge is 2.71. The summed E-state index contributed by atoms with van der Waals surface area (Å²) in [6.07, 6.45) is -5.91. The molecule has 1 N–H and O–H groups in total. The zero-order valence-corrected chi connectivity index (χ0v) is 12.5. The number of hydrogen-bond donors (Lipinski definition) is 1. The molecule has 1 atom stereocenters. The lowest BCUT2D eigenvalue weighted by atomic mass is 9.78. The van der Waals surface area contributed by atoms with Crippen LogP contribution in [-0.2, 0) is 5.60 Å². The van der Waals surface area contributed by atoms with Gasteiger partial charge in [0.05, 0.1) is 0 Å². The van der Waals surface area contributed by atoms with Crippen molar-refractivity contribution in [2.75, 3.05) is 0 Å². The first-order valence-corrected chi connectivity index (χ1v) is 6.82. The number of benzene rings is 2. The molecule has 0 heterocycles. The predicted molar refractivity (Wildman–Crippen MR) is 76.4 cm³/mol. The van der Waals surface area contributed by atoms with Gasteiger partial charge >= 0.3 is 12.1 Å². The number of alkyl halides is 5. The van der Waals surface area contributed by atoms with Gasteiger partial charge in [-0.15, -0.1) is 0 Å². The topological polar surface area (TPSA) is 20.2 Å². The molecular weight excluding hydrogens is 315 g/mol. The van der Waals surface area contributed by atoms with E-state index in [1.165, 1.54) is 37.3 Å². The van der Waals surface area contributed by atoms with Crippen molar-refractivity contribution in [1.82, 2.24) is 0 Å². The Labute approximate surface area is 130 Å². The SMILES string of the molecule is Cc1ccc(C(O)(c2ccccc2C)C(F)(F)C(F)(F)F)cc1. The third-order valence-electron chi connectivity index (χ3n) is 3.81. The first-order valence-electron chi connectivity index (χ1n) is 6.82. The molecule has 0 radical (unpaired) electrons. The fourth-order valence-electron chi connectivity index (χ4n) is 2.48. The van der Waals surface area contributed by atoms with Crippen LogP contribution in [0.4, 0.5) is 22.0 Å². The molecule has 2 aromatic carbocycles. The van der Waals surface area contributed by atoms with Crippen LogP contribution >= 0.6 is 0 Å². The van der Waals surface area contributed by atoms with E-state index in [0.717, 1.165) is 18.2 Å². The molecule has 23 heavy (non-hydrogen) atoms. The Morgan fingerprint density at radius 2 is 1.30 bits per heavy atom. The summed E-state index contributed by atoms with van der Waals surface area (Å²) < 4.78 is 67.5. The van der Waals surface area contributed by atoms with E-state index >= 15 is 0 Å². The van der Waals surface area contributed by atoms with Gasteiger partial charge < -0.3 is 5.11 Å². The molecule has 1 nitrogen and oxygen atoms in total. The van der Waals surface area contributed by atoms with E-state index in [9.17, 15) is 27.1 Å². The summed E-state index contributed by atoms with van der Waals surface area (Å²) in [4.78, 5) is 0. The molecule has 0 saturated heterocycles. The van der Waals surface area contributed by atoms with Crippen molar-refractivity contribution >= 4 is 0 Å². The monoisotopic (exact) mass is 330 g/mol. The van der Waals surface area contributed by atoms with Crippen molar-refractivity contribution in [3.63, 3.8) is 0 Å². The summed E-state index contributed by atoms with van der Waals surface area (Å²) in [5.74, 6) is -5.36. The second-order valence-electron chi connectivity index (χ2n) is 5.46. The summed E-state index contributed by atoms with van der Waals surface area (Å²) in [5.41, 5.74) is -3.69. The highest BCUT2D eigenvalue weighted by Crippen LogP contribution is 2.52. The number of hydrogen-bond acceptors (Lipinski definition) is 1. The van der Waals surface area contributed by atoms with Crippen LogP contribution < -0.4 is 0 Å². The Morgan fingerprint density at radius 3 is 1.78 bits per heavy atom. The lowest BCUT2D eigenvalue weighted by Crippen LogP contribution is -2.55. The average molecular weight is 330 g/mol. The second-order valence-corrected chi connectivity index (χ2v) is 5.46. The van der Waals surface area contributed by atoms with Crippen molar-refractivity contribution in [2.24, 2.45) is 0 Å². The normalized spacial score (nSPS) is 15.3. The van der Waals surface area contributed by atoms with Crippen LogP contribution in [0, 0.1) is 13.8 Å². The van der Waals surface area contributed by atoms with Gasteiger partial charge in [-0.05, 0) is 30.5 Å². The van der Waals surface area contributed by atoms with Crippen LogP contribution in [0.3, 0.4) is 0 Å². The van der Waals surface area contributed by atoms with E-state index in [2.05, 4.69) is 0 Å². The number of aryl methyl sites for hydroxylation is 2. The van der Waals surface area contributed by atoms with Gasteiger partial charge in [-0.3, -0.25) is 0 Å². The number of aliphatic hydroxyl groups is 1. The maximum atomic E-state index is 14.3. The highest BCUT2D eigenvalue weighted by atomic mass is 19.4. The predicted octanol–water partition coefficient (Wildman–Crippen LogP) is 4.74. The summed E-state index contributed by atoms with van der Waals surface area (Å²) in [6.45, 7) is 3.04. The van der Waals surface area contributed by atoms with E-state index in [1.807, 2.05) is 0 Å². The molecule has 2 aromatic rings. The molecule has 2 rings (SSSR count). The Hall–Kier alpha value is -1.95. The largest absolute Gasteiger partial charge is 0.457 e. The summed E-state index contributed by atoms with van der Waals surface area (Å²) >= 11 is 0. The minimum absolute atomic E-state index is 0.138. The molecule has 0 saturated carbocycles. The molecule has 1 unspecified atom stereocenters. The Balaban J connectivity index is 2.80. The van der Waals surface area contributed by atoms with E-state index in [0.29, 0.717) is 5.56 Å².